The Labute approximate surface area is 165 Å². The number of thiazole rings is 1. The van der Waals surface area contributed by atoms with Gasteiger partial charge in [-0.05, 0) is 31.0 Å². The van der Waals surface area contributed by atoms with Crippen molar-refractivity contribution >= 4 is 42.6 Å². The van der Waals surface area contributed by atoms with Gasteiger partial charge in [-0.2, -0.15) is 4.31 Å². The number of carbonyl (C=O) groups excluding carboxylic acids is 1. The van der Waals surface area contributed by atoms with Crippen molar-refractivity contribution in [1.29, 1.82) is 0 Å². The molecule has 1 atom stereocenters. The fraction of sp³-hybridized carbons (Fsp3) is 0.353. The highest BCUT2D eigenvalue weighted by Gasteiger charge is 2.34. The van der Waals surface area contributed by atoms with Crippen molar-refractivity contribution in [3.05, 3.63) is 30.7 Å². The highest BCUT2D eigenvalue weighted by atomic mass is 32.2. The van der Waals surface area contributed by atoms with E-state index in [1.54, 1.807) is 7.11 Å². The topological polar surface area (TPSA) is 117 Å². The Balaban J connectivity index is 1.47. The summed E-state index contributed by atoms with van der Waals surface area (Å²) in [5, 5.41) is 3.35. The first-order valence-electron chi connectivity index (χ1n) is 8.71. The third-order valence-electron chi connectivity index (χ3n) is 4.67. The molecule has 3 heterocycles. The largest absolute Gasteiger partial charge is 0.497 e. The van der Waals surface area contributed by atoms with E-state index in [9.17, 15) is 13.2 Å². The summed E-state index contributed by atoms with van der Waals surface area (Å²) in [6.45, 7) is 0.512. The van der Waals surface area contributed by atoms with E-state index in [1.165, 1.54) is 28.2 Å². The van der Waals surface area contributed by atoms with Gasteiger partial charge >= 0.3 is 0 Å². The molecule has 2 aromatic heterocycles. The van der Waals surface area contributed by atoms with E-state index in [4.69, 9.17) is 4.74 Å². The van der Waals surface area contributed by atoms with Crippen LogP contribution in [0.4, 0.5) is 5.13 Å². The number of hydrogen-bond acceptors (Lipinski definition) is 7. The van der Waals surface area contributed by atoms with Gasteiger partial charge in [0.25, 0.3) is 10.0 Å². The van der Waals surface area contributed by atoms with Crippen LogP contribution < -0.4 is 10.1 Å². The van der Waals surface area contributed by atoms with Gasteiger partial charge in [0.1, 0.15) is 5.75 Å². The van der Waals surface area contributed by atoms with Gasteiger partial charge < -0.3 is 15.0 Å². The van der Waals surface area contributed by atoms with Crippen LogP contribution in [0.25, 0.3) is 10.2 Å². The van der Waals surface area contributed by atoms with Crippen molar-refractivity contribution in [1.82, 2.24) is 19.3 Å². The van der Waals surface area contributed by atoms with Crippen LogP contribution in [0.1, 0.15) is 12.8 Å². The van der Waals surface area contributed by atoms with E-state index in [1.807, 2.05) is 18.2 Å². The lowest BCUT2D eigenvalue weighted by atomic mass is 9.99. The van der Waals surface area contributed by atoms with Gasteiger partial charge in [0.2, 0.25) is 5.91 Å². The van der Waals surface area contributed by atoms with Gasteiger partial charge in [0, 0.05) is 13.1 Å². The molecule has 1 saturated heterocycles. The number of nitrogens with zero attached hydrogens (tertiary/aromatic N) is 3. The maximum Gasteiger partial charge on any atom is 0.260 e. The molecule has 2 N–H and O–H groups in total. The van der Waals surface area contributed by atoms with Crippen molar-refractivity contribution in [2.24, 2.45) is 5.92 Å². The maximum atomic E-state index is 12.7. The molecule has 28 heavy (non-hydrogen) atoms. The minimum Gasteiger partial charge on any atom is -0.497 e. The molecule has 0 radical (unpaired) electrons. The number of nitrogens with one attached hydrogen (secondary N) is 2. The summed E-state index contributed by atoms with van der Waals surface area (Å²) in [6.07, 6.45) is 3.83. The first-order chi connectivity index (χ1) is 13.5. The van der Waals surface area contributed by atoms with Gasteiger partial charge in [0.05, 0.1) is 35.8 Å². The molecule has 1 aliphatic rings. The fourth-order valence-electron chi connectivity index (χ4n) is 3.19. The molecule has 148 valence electrons. The van der Waals surface area contributed by atoms with E-state index in [0.29, 0.717) is 24.5 Å². The summed E-state index contributed by atoms with van der Waals surface area (Å²) in [7, 11) is -2.08. The Morgan fingerprint density at radius 2 is 2.29 bits per heavy atom. The first kappa shape index (κ1) is 18.8. The minimum atomic E-state index is -3.68. The Morgan fingerprint density at radius 1 is 1.43 bits per heavy atom. The Morgan fingerprint density at radius 3 is 3.04 bits per heavy atom. The Hall–Kier alpha value is -2.50. The van der Waals surface area contributed by atoms with Crippen LogP contribution >= 0.6 is 11.3 Å². The molecular formula is C17H19N5O4S2. The molecule has 1 amide bonds. The second-order valence-corrected chi connectivity index (χ2v) is 9.40. The molecule has 0 bridgehead atoms. The summed E-state index contributed by atoms with van der Waals surface area (Å²) in [4.78, 5) is 23.5. The highest BCUT2D eigenvalue weighted by Crippen LogP contribution is 2.30. The van der Waals surface area contributed by atoms with E-state index < -0.39 is 15.9 Å². The van der Waals surface area contributed by atoms with Crippen molar-refractivity contribution < 1.29 is 17.9 Å². The molecule has 11 heteroatoms. The highest BCUT2D eigenvalue weighted by molar-refractivity contribution is 7.89. The minimum absolute atomic E-state index is 0.0358. The number of anilines is 1. The molecule has 9 nitrogen and oxygen atoms in total. The number of amides is 1. The van der Waals surface area contributed by atoms with Crippen LogP contribution in [0.2, 0.25) is 0 Å². The van der Waals surface area contributed by atoms with Gasteiger partial charge in [0.15, 0.2) is 10.2 Å². The molecule has 1 aromatic carbocycles. The number of benzene rings is 1. The summed E-state index contributed by atoms with van der Waals surface area (Å²) >= 11 is 1.36. The fourth-order valence-corrected chi connectivity index (χ4v) is 5.51. The van der Waals surface area contributed by atoms with Gasteiger partial charge in [-0.15, -0.1) is 0 Å². The Kier molecular flexibility index (Phi) is 5.04. The van der Waals surface area contributed by atoms with Gasteiger partial charge in [-0.1, -0.05) is 11.3 Å². The average Bonchev–Trinajstić information content (AvgIpc) is 3.37. The zero-order valence-electron chi connectivity index (χ0n) is 15.1. The van der Waals surface area contributed by atoms with E-state index in [-0.39, 0.29) is 17.5 Å². The summed E-state index contributed by atoms with van der Waals surface area (Å²) < 4.78 is 32.7. The molecule has 4 rings (SSSR count). The molecular weight excluding hydrogens is 402 g/mol. The maximum absolute atomic E-state index is 12.7. The smallest absolute Gasteiger partial charge is 0.260 e. The average molecular weight is 422 g/mol. The molecule has 1 fully saturated rings. The number of rotatable bonds is 5. The molecule has 0 saturated carbocycles. The SMILES string of the molecule is COc1ccc2nc(NC(=O)C3CCCN(S(=O)(=O)c4cnc[nH]4)C3)sc2c1. The van der Waals surface area contributed by atoms with Gasteiger partial charge in [-0.25, -0.2) is 18.4 Å². The second kappa shape index (κ2) is 7.49. The third kappa shape index (κ3) is 3.60. The number of carbonyl (C=O) groups is 1. The van der Waals surface area contributed by atoms with E-state index in [2.05, 4.69) is 20.3 Å². The Bertz CT molecular complexity index is 1090. The number of aromatic nitrogens is 3. The number of hydrogen-bond donors (Lipinski definition) is 2. The normalized spacial score (nSPS) is 18.2. The lowest BCUT2D eigenvalue weighted by Gasteiger charge is -2.30. The predicted molar refractivity (Wildman–Crippen MR) is 105 cm³/mol. The standard InChI is InChI=1S/C17H19N5O4S2/c1-26-12-4-5-13-14(7-12)27-17(20-13)21-16(23)11-3-2-6-22(9-11)28(24,25)15-8-18-10-19-15/h4-5,7-8,10-11H,2-3,6,9H2,1H3,(H,18,19)(H,20,21,23). The number of piperidine rings is 1. The summed E-state index contributed by atoms with van der Waals surface area (Å²) in [5.74, 6) is 0.0597. The van der Waals surface area contributed by atoms with E-state index in [0.717, 1.165) is 16.0 Å². The number of fused-ring (bicyclic) bond motifs is 1. The van der Waals surface area contributed by atoms with Crippen LogP contribution in [-0.2, 0) is 14.8 Å². The number of imidazole rings is 1. The quantitative estimate of drug-likeness (QED) is 0.651. The monoisotopic (exact) mass is 421 g/mol. The number of methoxy groups -OCH3 is 1. The first-order valence-corrected chi connectivity index (χ1v) is 11.0. The van der Waals surface area contributed by atoms with Crippen molar-refractivity contribution in [2.45, 2.75) is 17.9 Å². The van der Waals surface area contributed by atoms with Crippen molar-refractivity contribution in [3.8, 4) is 5.75 Å². The summed E-state index contributed by atoms with van der Waals surface area (Å²) in [6, 6.07) is 5.51. The lowest BCUT2D eigenvalue weighted by molar-refractivity contribution is -0.120. The molecule has 1 aliphatic heterocycles. The van der Waals surface area contributed by atoms with Crippen molar-refractivity contribution in [2.75, 3.05) is 25.5 Å². The van der Waals surface area contributed by atoms with Crippen molar-refractivity contribution in [3.63, 3.8) is 0 Å². The third-order valence-corrected chi connectivity index (χ3v) is 7.40. The number of aromatic amines is 1. The number of H-pyrrole nitrogens is 1. The van der Waals surface area contributed by atoms with Crippen LogP contribution in [0.15, 0.2) is 35.7 Å². The predicted octanol–water partition coefficient (Wildman–Crippen LogP) is 2.07. The van der Waals surface area contributed by atoms with Crippen LogP contribution in [0.3, 0.4) is 0 Å². The molecule has 0 spiro atoms. The molecule has 1 unspecified atom stereocenters. The van der Waals surface area contributed by atoms with Crippen LogP contribution in [0, 0.1) is 5.92 Å². The summed E-state index contributed by atoms with van der Waals surface area (Å²) in [5.41, 5.74) is 0.771. The zero-order chi connectivity index (χ0) is 19.7. The zero-order valence-corrected chi connectivity index (χ0v) is 16.7. The van der Waals surface area contributed by atoms with Crippen LogP contribution in [-0.4, -0.2) is 53.8 Å². The number of ether oxygens (including phenoxy) is 1. The lowest BCUT2D eigenvalue weighted by Crippen LogP contribution is -2.43. The second-order valence-electron chi connectivity index (χ2n) is 6.46. The molecule has 3 aromatic rings. The number of sulfonamides is 1. The van der Waals surface area contributed by atoms with Crippen LogP contribution in [0.5, 0.6) is 5.75 Å². The van der Waals surface area contributed by atoms with Gasteiger partial charge in [-0.3, -0.25) is 4.79 Å². The van der Waals surface area contributed by atoms with E-state index >= 15 is 0 Å². The molecule has 0 aliphatic carbocycles.